The van der Waals surface area contributed by atoms with E-state index in [-0.39, 0.29) is 6.61 Å². The molecule has 0 heterocycles. The Balaban J connectivity index is 2.70. The van der Waals surface area contributed by atoms with Gasteiger partial charge in [-0.2, -0.15) is 13.2 Å². The Morgan fingerprint density at radius 1 is 1.39 bits per heavy atom. The van der Waals surface area contributed by atoms with Crippen LogP contribution in [-0.4, -0.2) is 24.6 Å². The first kappa shape index (κ1) is 14.7. The number of benzene rings is 1. The summed E-state index contributed by atoms with van der Waals surface area (Å²) in [6.45, 7) is 1.84. The molecule has 0 aliphatic heterocycles. The molecular formula is C11H12F3NO2S. The maximum atomic E-state index is 12.1. The van der Waals surface area contributed by atoms with Crippen molar-refractivity contribution in [3.8, 4) is 0 Å². The monoisotopic (exact) mass is 279 g/mol. The van der Waals surface area contributed by atoms with Crippen molar-refractivity contribution in [2.75, 3.05) is 17.7 Å². The van der Waals surface area contributed by atoms with Crippen molar-refractivity contribution in [2.45, 2.75) is 18.0 Å². The second-order valence-corrected chi connectivity index (χ2v) is 4.26. The molecule has 7 heteroatoms. The molecule has 0 spiro atoms. The van der Waals surface area contributed by atoms with Crippen molar-refractivity contribution in [3.05, 3.63) is 24.3 Å². The summed E-state index contributed by atoms with van der Waals surface area (Å²) in [5, 5.41) is 2.40. The zero-order valence-electron chi connectivity index (χ0n) is 9.58. The molecule has 0 fully saturated rings. The molecule has 0 atom stereocenters. The SMILES string of the molecule is CCOC(=O)Nc1ccccc1SCC(F)(F)F. The second-order valence-electron chi connectivity index (χ2n) is 3.25. The van der Waals surface area contributed by atoms with E-state index in [2.05, 4.69) is 10.1 Å². The van der Waals surface area contributed by atoms with E-state index in [0.717, 1.165) is 0 Å². The Morgan fingerprint density at radius 2 is 2.06 bits per heavy atom. The van der Waals surface area contributed by atoms with E-state index in [9.17, 15) is 18.0 Å². The van der Waals surface area contributed by atoms with E-state index < -0.39 is 18.0 Å². The van der Waals surface area contributed by atoms with Crippen LogP contribution in [0.1, 0.15) is 6.92 Å². The number of para-hydroxylation sites is 1. The van der Waals surface area contributed by atoms with Crippen molar-refractivity contribution in [2.24, 2.45) is 0 Å². The number of anilines is 1. The van der Waals surface area contributed by atoms with Crippen molar-refractivity contribution in [1.82, 2.24) is 0 Å². The third-order valence-corrected chi connectivity index (χ3v) is 2.93. The van der Waals surface area contributed by atoms with E-state index in [0.29, 0.717) is 22.3 Å². The summed E-state index contributed by atoms with van der Waals surface area (Å²) in [7, 11) is 0. The lowest BCUT2D eigenvalue weighted by Crippen LogP contribution is -2.14. The average molecular weight is 279 g/mol. The third kappa shape index (κ3) is 5.31. The Bertz CT molecular complexity index is 410. The molecule has 3 nitrogen and oxygen atoms in total. The molecule has 0 aliphatic rings. The van der Waals surface area contributed by atoms with Gasteiger partial charge < -0.3 is 4.74 Å². The van der Waals surface area contributed by atoms with Gasteiger partial charge in [0, 0.05) is 4.90 Å². The highest BCUT2D eigenvalue weighted by atomic mass is 32.2. The number of nitrogens with one attached hydrogen (secondary N) is 1. The first-order chi connectivity index (χ1) is 8.42. The number of thioether (sulfide) groups is 1. The van der Waals surface area contributed by atoms with Crippen LogP contribution in [0.25, 0.3) is 0 Å². The molecule has 1 aromatic rings. The Hall–Kier alpha value is -1.37. The molecule has 1 N–H and O–H groups in total. The minimum Gasteiger partial charge on any atom is -0.450 e. The summed E-state index contributed by atoms with van der Waals surface area (Å²) in [5.74, 6) is -1.01. The number of rotatable bonds is 4. The number of carbonyl (C=O) groups excluding carboxylic acids is 1. The van der Waals surface area contributed by atoms with Crippen molar-refractivity contribution >= 4 is 23.5 Å². The second kappa shape index (κ2) is 6.53. The van der Waals surface area contributed by atoms with Gasteiger partial charge in [0.25, 0.3) is 0 Å². The summed E-state index contributed by atoms with van der Waals surface area (Å²) >= 11 is 0.619. The highest BCUT2D eigenvalue weighted by molar-refractivity contribution is 7.99. The normalized spacial score (nSPS) is 11.1. The van der Waals surface area contributed by atoms with Crippen molar-refractivity contribution in [1.29, 1.82) is 0 Å². The molecule has 100 valence electrons. The van der Waals surface area contributed by atoms with Gasteiger partial charge in [-0.25, -0.2) is 4.79 Å². The van der Waals surface area contributed by atoms with E-state index in [1.807, 2.05) is 0 Å². The van der Waals surface area contributed by atoms with Crippen LogP contribution >= 0.6 is 11.8 Å². The van der Waals surface area contributed by atoms with Crippen LogP contribution < -0.4 is 5.32 Å². The molecular weight excluding hydrogens is 267 g/mol. The minimum atomic E-state index is -4.25. The fourth-order valence-electron chi connectivity index (χ4n) is 1.13. The van der Waals surface area contributed by atoms with Crippen LogP contribution in [0.5, 0.6) is 0 Å². The van der Waals surface area contributed by atoms with E-state index >= 15 is 0 Å². The lowest BCUT2D eigenvalue weighted by molar-refractivity contribution is -0.105. The summed E-state index contributed by atoms with van der Waals surface area (Å²) in [6, 6.07) is 6.27. The maximum Gasteiger partial charge on any atom is 0.411 e. The maximum absolute atomic E-state index is 12.1. The van der Waals surface area contributed by atoms with E-state index in [4.69, 9.17) is 0 Å². The predicted octanol–water partition coefficient (Wildman–Crippen LogP) is 3.91. The summed E-state index contributed by atoms with van der Waals surface area (Å²) in [5.41, 5.74) is 0.310. The summed E-state index contributed by atoms with van der Waals surface area (Å²) < 4.78 is 41.0. The van der Waals surface area contributed by atoms with Crippen LogP contribution in [0.3, 0.4) is 0 Å². The van der Waals surface area contributed by atoms with Gasteiger partial charge in [-0.3, -0.25) is 5.32 Å². The molecule has 0 saturated heterocycles. The number of hydrogen-bond donors (Lipinski definition) is 1. The molecule has 1 amide bonds. The van der Waals surface area contributed by atoms with Gasteiger partial charge in [0.2, 0.25) is 0 Å². The van der Waals surface area contributed by atoms with Crippen LogP contribution in [0.4, 0.5) is 23.7 Å². The smallest absolute Gasteiger partial charge is 0.411 e. The highest BCUT2D eigenvalue weighted by Gasteiger charge is 2.27. The standard InChI is InChI=1S/C11H12F3NO2S/c1-2-17-10(16)15-8-5-3-4-6-9(8)18-7-11(12,13)14/h3-6H,2,7H2,1H3,(H,15,16). The third-order valence-electron chi connectivity index (χ3n) is 1.79. The summed E-state index contributed by atoms with van der Waals surface area (Å²) in [4.78, 5) is 11.6. The fraction of sp³-hybridized carbons (Fsp3) is 0.364. The lowest BCUT2D eigenvalue weighted by atomic mass is 10.3. The van der Waals surface area contributed by atoms with Gasteiger partial charge in [-0.1, -0.05) is 12.1 Å². The molecule has 0 saturated carbocycles. The molecule has 0 unspecified atom stereocenters. The Labute approximate surface area is 107 Å². The first-order valence-electron chi connectivity index (χ1n) is 5.14. The topological polar surface area (TPSA) is 38.3 Å². The number of halogens is 3. The van der Waals surface area contributed by atoms with Gasteiger partial charge >= 0.3 is 12.3 Å². The molecule has 0 bridgehead atoms. The predicted molar refractivity (Wildman–Crippen MR) is 63.9 cm³/mol. The van der Waals surface area contributed by atoms with Gasteiger partial charge in [-0.05, 0) is 19.1 Å². The van der Waals surface area contributed by atoms with Crippen LogP contribution in [0.15, 0.2) is 29.2 Å². The van der Waals surface area contributed by atoms with Crippen LogP contribution in [0, 0.1) is 0 Å². The Morgan fingerprint density at radius 3 is 2.67 bits per heavy atom. The molecule has 1 aromatic carbocycles. The quantitative estimate of drug-likeness (QED) is 0.849. The van der Waals surface area contributed by atoms with E-state index in [1.165, 1.54) is 12.1 Å². The molecule has 18 heavy (non-hydrogen) atoms. The summed E-state index contributed by atoms with van der Waals surface area (Å²) in [6.07, 6.45) is -4.93. The number of ether oxygens (including phenoxy) is 1. The van der Waals surface area contributed by atoms with Crippen LogP contribution in [-0.2, 0) is 4.74 Å². The van der Waals surface area contributed by atoms with Gasteiger partial charge in [0.1, 0.15) is 0 Å². The van der Waals surface area contributed by atoms with Gasteiger partial charge in [-0.15, -0.1) is 11.8 Å². The largest absolute Gasteiger partial charge is 0.450 e. The van der Waals surface area contributed by atoms with Gasteiger partial charge in [0.15, 0.2) is 0 Å². The average Bonchev–Trinajstić information content (AvgIpc) is 2.27. The highest BCUT2D eigenvalue weighted by Crippen LogP contribution is 2.32. The minimum absolute atomic E-state index is 0.198. The van der Waals surface area contributed by atoms with Crippen LogP contribution in [0.2, 0.25) is 0 Å². The number of carbonyl (C=O) groups is 1. The lowest BCUT2D eigenvalue weighted by Gasteiger charge is -2.11. The molecule has 0 radical (unpaired) electrons. The van der Waals surface area contributed by atoms with Crippen molar-refractivity contribution in [3.63, 3.8) is 0 Å². The molecule has 0 aromatic heterocycles. The van der Waals surface area contributed by atoms with Gasteiger partial charge in [0.05, 0.1) is 18.0 Å². The number of amides is 1. The molecule has 1 rings (SSSR count). The fourth-order valence-corrected chi connectivity index (χ4v) is 1.90. The number of hydrogen-bond acceptors (Lipinski definition) is 3. The zero-order chi connectivity index (χ0) is 13.6. The van der Waals surface area contributed by atoms with Crippen molar-refractivity contribution < 1.29 is 22.7 Å². The Kier molecular flexibility index (Phi) is 5.33. The zero-order valence-corrected chi connectivity index (χ0v) is 10.4. The first-order valence-corrected chi connectivity index (χ1v) is 6.13. The number of alkyl halides is 3. The van der Waals surface area contributed by atoms with E-state index in [1.54, 1.807) is 19.1 Å². The molecule has 0 aliphatic carbocycles.